The van der Waals surface area contributed by atoms with Gasteiger partial charge in [0.1, 0.15) is 10.0 Å². The molecular weight excluding hydrogens is 841 g/mol. The maximum Gasteiger partial charge on any atom is 0.103 e. The topological polar surface area (TPSA) is 16.3 Å². The molecule has 0 spiro atoms. The highest BCUT2D eigenvalue weighted by molar-refractivity contribution is 7.24. The normalized spacial score (nSPS) is 14.3. The van der Waals surface area contributed by atoms with Crippen LogP contribution in [0.3, 0.4) is 0 Å². The van der Waals surface area contributed by atoms with Crippen LogP contribution in [0.4, 0.5) is 32.8 Å². The number of hydrogen-bond acceptors (Lipinski definition) is 4. The molecule has 0 fully saturated rings. The molecule has 13 rings (SSSR count). The maximum absolute atomic E-state index is 2.54. The van der Waals surface area contributed by atoms with Crippen LogP contribution in [0.15, 0.2) is 170 Å². The minimum Gasteiger partial charge on any atom is -0.340 e. The predicted octanol–water partition coefficient (Wildman–Crippen LogP) is 17.6. The molecule has 4 aromatic heterocycles. The highest BCUT2D eigenvalue weighted by atomic mass is 32.1. The van der Waals surface area contributed by atoms with Gasteiger partial charge in [-0.2, -0.15) is 0 Å². The van der Waals surface area contributed by atoms with Crippen LogP contribution in [-0.2, 0) is 23.9 Å². The first-order chi connectivity index (χ1) is 32.1. The number of anilines is 6. The van der Waals surface area contributed by atoms with Crippen LogP contribution in [0.2, 0.25) is 0 Å². The Labute approximate surface area is 394 Å². The molecule has 0 radical (unpaired) electrons. The zero-order valence-corrected chi connectivity index (χ0v) is 39.8. The highest BCUT2D eigenvalue weighted by Crippen LogP contribution is 2.54. The summed E-state index contributed by atoms with van der Waals surface area (Å²) < 4.78 is 7.76. The van der Waals surface area contributed by atoms with Crippen molar-refractivity contribution in [2.75, 3.05) is 9.80 Å². The number of nitrogens with zero attached hydrogens (tertiary/aromatic N) is 4. The first-order valence-corrected chi connectivity index (χ1v) is 25.0. The smallest absolute Gasteiger partial charge is 0.103 e. The van der Waals surface area contributed by atoms with E-state index in [0.717, 1.165) is 13.1 Å². The number of rotatable bonds is 8. The fourth-order valence-corrected chi connectivity index (χ4v) is 14.2. The third kappa shape index (κ3) is 5.49. The summed E-state index contributed by atoms with van der Waals surface area (Å²) in [6.45, 7) is 15.8. The van der Waals surface area contributed by atoms with Crippen LogP contribution in [0.25, 0.3) is 64.5 Å². The molecule has 0 aliphatic heterocycles. The summed E-state index contributed by atoms with van der Waals surface area (Å²) >= 11 is 3.82. The molecule has 11 aromatic rings. The Kier molecular flexibility index (Phi) is 8.57. The Morgan fingerprint density at radius 1 is 0.379 bits per heavy atom. The first-order valence-electron chi connectivity index (χ1n) is 23.4. The van der Waals surface area contributed by atoms with Crippen LogP contribution < -0.4 is 9.80 Å². The molecular formula is C60H50N4S2. The number of benzene rings is 7. The van der Waals surface area contributed by atoms with Crippen molar-refractivity contribution in [2.45, 2.75) is 65.5 Å². The summed E-state index contributed by atoms with van der Waals surface area (Å²) in [5.74, 6) is 0. The lowest BCUT2D eigenvalue weighted by atomic mass is 9.82. The van der Waals surface area contributed by atoms with Crippen molar-refractivity contribution in [3.05, 3.63) is 192 Å². The molecule has 322 valence electrons. The van der Waals surface area contributed by atoms with Gasteiger partial charge in [-0.1, -0.05) is 125 Å². The average Bonchev–Trinajstić information content (AvgIpc) is 4.17. The Bertz CT molecular complexity index is 3500. The van der Waals surface area contributed by atoms with Crippen molar-refractivity contribution < 1.29 is 0 Å². The highest BCUT2D eigenvalue weighted by Gasteiger charge is 2.37. The van der Waals surface area contributed by atoms with Gasteiger partial charge in [0.25, 0.3) is 0 Å². The fourth-order valence-electron chi connectivity index (χ4n) is 11.7. The number of thiophene rings is 2. The van der Waals surface area contributed by atoms with Gasteiger partial charge in [0, 0.05) is 57.4 Å². The molecule has 0 saturated carbocycles. The predicted molar refractivity (Wildman–Crippen MR) is 284 cm³/mol. The summed E-state index contributed by atoms with van der Waals surface area (Å²) in [6, 6.07) is 63.7. The molecule has 0 atom stereocenters. The van der Waals surface area contributed by atoms with Crippen molar-refractivity contribution >= 4 is 97.7 Å². The van der Waals surface area contributed by atoms with E-state index in [-0.39, 0.29) is 10.8 Å². The second-order valence-electron chi connectivity index (χ2n) is 19.1. The lowest BCUT2D eigenvalue weighted by Crippen LogP contribution is -2.16. The molecule has 4 heterocycles. The van der Waals surface area contributed by atoms with E-state index in [0.29, 0.717) is 0 Å². The third-order valence-electron chi connectivity index (χ3n) is 14.9. The van der Waals surface area contributed by atoms with E-state index < -0.39 is 0 Å². The van der Waals surface area contributed by atoms with Crippen molar-refractivity contribution in [1.82, 2.24) is 9.13 Å². The van der Waals surface area contributed by atoms with Crippen molar-refractivity contribution in [2.24, 2.45) is 0 Å². The van der Waals surface area contributed by atoms with Gasteiger partial charge in [-0.05, 0) is 131 Å². The molecule has 0 N–H and O–H groups in total. The molecule has 2 aliphatic carbocycles. The van der Waals surface area contributed by atoms with E-state index >= 15 is 0 Å². The molecule has 6 heteroatoms. The average molecular weight is 891 g/mol. The monoisotopic (exact) mass is 890 g/mol. The SMILES string of the molecule is CCn1c2cc3c4sc(N(c5ccccc5)c5ccc6c(c5)C(C)(C)c5ccccc5-6)cc4n(CC)c3cc2c2sc(N(c3ccccc3)c3ccc4c(c3)C(C)(C)c3ccccc3-4)cc21. The quantitative estimate of drug-likeness (QED) is 0.151. The largest absolute Gasteiger partial charge is 0.340 e. The van der Waals surface area contributed by atoms with Gasteiger partial charge in [0.2, 0.25) is 0 Å². The molecule has 7 aromatic carbocycles. The number of fused-ring (bicyclic) bond motifs is 12. The Balaban J connectivity index is 0.954. The Morgan fingerprint density at radius 2 is 0.758 bits per heavy atom. The molecule has 0 unspecified atom stereocenters. The van der Waals surface area contributed by atoms with Gasteiger partial charge >= 0.3 is 0 Å². The van der Waals surface area contributed by atoms with Crippen molar-refractivity contribution in [1.29, 1.82) is 0 Å². The van der Waals surface area contributed by atoms with Gasteiger partial charge in [0.05, 0.1) is 31.5 Å². The third-order valence-corrected chi connectivity index (χ3v) is 17.2. The number of para-hydroxylation sites is 2. The molecule has 0 bridgehead atoms. The second kappa shape index (κ2) is 14.3. The van der Waals surface area contributed by atoms with Crippen LogP contribution in [0, 0.1) is 0 Å². The zero-order valence-electron chi connectivity index (χ0n) is 38.2. The lowest BCUT2D eigenvalue weighted by molar-refractivity contribution is 0.660. The second-order valence-corrected chi connectivity index (χ2v) is 21.2. The van der Waals surface area contributed by atoms with E-state index in [1.165, 1.54) is 119 Å². The fraction of sp³-hybridized carbons (Fsp3) is 0.167. The van der Waals surface area contributed by atoms with Crippen molar-refractivity contribution in [3.8, 4) is 22.3 Å². The van der Waals surface area contributed by atoms with E-state index in [4.69, 9.17) is 0 Å². The van der Waals surface area contributed by atoms with E-state index in [1.807, 2.05) is 22.7 Å². The van der Waals surface area contributed by atoms with Crippen molar-refractivity contribution in [3.63, 3.8) is 0 Å². The van der Waals surface area contributed by atoms with Crippen LogP contribution in [0.5, 0.6) is 0 Å². The lowest BCUT2D eigenvalue weighted by Gasteiger charge is -2.27. The van der Waals surface area contributed by atoms with Crippen LogP contribution >= 0.6 is 22.7 Å². The summed E-state index contributed by atoms with van der Waals surface area (Å²) in [5, 5.41) is 5.09. The zero-order chi connectivity index (χ0) is 44.6. The summed E-state index contributed by atoms with van der Waals surface area (Å²) in [7, 11) is 0. The standard InChI is InChI=1S/C60H50N4S2/c1-7-61-51-33-46-52(34-45(51)57-53(61)35-55(65-57)63(37-19-11-9-12-20-37)39-27-29-43-41-23-15-17-25-47(41)59(3,4)49(43)31-39)62(8-2)54-36-56(66-58(46)54)64(38-21-13-10-14-22-38)40-28-30-44-42-24-16-18-26-48(42)60(5,6)50(44)32-40/h9-36H,7-8H2,1-6H3. The van der Waals surface area contributed by atoms with E-state index in [2.05, 4.69) is 230 Å². The van der Waals surface area contributed by atoms with Gasteiger partial charge in [-0.3, -0.25) is 0 Å². The molecule has 66 heavy (non-hydrogen) atoms. The molecule has 0 amide bonds. The Hall–Kier alpha value is -6.86. The number of aryl methyl sites for hydroxylation is 2. The van der Waals surface area contributed by atoms with Gasteiger partial charge in [-0.15, -0.1) is 22.7 Å². The van der Waals surface area contributed by atoms with E-state index in [9.17, 15) is 0 Å². The molecule has 0 saturated heterocycles. The minimum absolute atomic E-state index is 0.0840. The van der Waals surface area contributed by atoms with Gasteiger partial charge in [-0.25, -0.2) is 0 Å². The minimum atomic E-state index is -0.0840. The van der Waals surface area contributed by atoms with Crippen LogP contribution in [-0.4, -0.2) is 9.13 Å². The van der Waals surface area contributed by atoms with Gasteiger partial charge in [0.15, 0.2) is 0 Å². The molecule has 2 aliphatic rings. The maximum atomic E-state index is 2.54. The molecule has 4 nitrogen and oxygen atoms in total. The van der Waals surface area contributed by atoms with Crippen LogP contribution in [0.1, 0.15) is 63.8 Å². The number of hydrogen-bond donors (Lipinski definition) is 0. The number of aromatic nitrogens is 2. The Morgan fingerprint density at radius 3 is 1.17 bits per heavy atom. The summed E-state index contributed by atoms with van der Waals surface area (Å²) in [5.41, 5.74) is 20.7. The first kappa shape index (κ1) is 39.5. The van der Waals surface area contributed by atoms with Gasteiger partial charge < -0.3 is 18.9 Å². The summed E-state index contributed by atoms with van der Waals surface area (Å²) in [4.78, 5) is 4.94. The summed E-state index contributed by atoms with van der Waals surface area (Å²) in [6.07, 6.45) is 0. The van der Waals surface area contributed by atoms with E-state index in [1.54, 1.807) is 0 Å².